The van der Waals surface area contributed by atoms with Gasteiger partial charge in [-0.3, -0.25) is 0 Å². The van der Waals surface area contributed by atoms with E-state index in [1.807, 2.05) is 6.07 Å². The Kier molecular flexibility index (Phi) is 3.49. The fourth-order valence-corrected chi connectivity index (χ4v) is 1.06. The van der Waals surface area contributed by atoms with Crippen LogP contribution in [0.1, 0.15) is 6.92 Å². The van der Waals surface area contributed by atoms with Gasteiger partial charge in [0.25, 0.3) is 0 Å². The van der Waals surface area contributed by atoms with Crippen molar-refractivity contribution in [2.75, 3.05) is 19.8 Å². The molecular formula is C6H12N2O2S. The number of rotatable bonds is 3. The second-order valence-corrected chi connectivity index (χ2v) is 4.66. The minimum absolute atomic E-state index is 0.255. The van der Waals surface area contributed by atoms with Crippen molar-refractivity contribution in [1.29, 1.82) is 5.26 Å². The molecule has 0 saturated heterocycles. The molecule has 0 aromatic carbocycles. The molecule has 64 valence electrons. The Morgan fingerprint density at radius 3 is 2.36 bits per heavy atom. The van der Waals surface area contributed by atoms with Crippen LogP contribution in [0.4, 0.5) is 0 Å². The predicted molar refractivity (Wildman–Crippen MR) is 42.3 cm³/mol. The summed E-state index contributed by atoms with van der Waals surface area (Å²) < 4.78 is 22.8. The Labute approximate surface area is 67.5 Å². The van der Waals surface area contributed by atoms with Gasteiger partial charge >= 0.3 is 0 Å². The minimum Gasteiger partial charge on any atom is -0.213 e. The zero-order valence-electron chi connectivity index (χ0n) is 6.90. The summed E-state index contributed by atoms with van der Waals surface area (Å²) in [4.78, 5) is 0. The molecule has 0 heterocycles. The summed E-state index contributed by atoms with van der Waals surface area (Å²) in [5.41, 5.74) is 0. The number of hydrogen-bond donors (Lipinski definition) is 0. The van der Waals surface area contributed by atoms with Crippen LogP contribution >= 0.6 is 0 Å². The van der Waals surface area contributed by atoms with Gasteiger partial charge < -0.3 is 0 Å². The quantitative estimate of drug-likeness (QED) is 0.610. The van der Waals surface area contributed by atoms with Gasteiger partial charge in [0.1, 0.15) is 0 Å². The van der Waals surface area contributed by atoms with Crippen molar-refractivity contribution in [2.45, 2.75) is 6.92 Å². The van der Waals surface area contributed by atoms with Crippen LogP contribution in [0.3, 0.4) is 0 Å². The van der Waals surface area contributed by atoms with Crippen molar-refractivity contribution in [3.63, 3.8) is 0 Å². The van der Waals surface area contributed by atoms with Gasteiger partial charge in [-0.1, -0.05) is 0 Å². The van der Waals surface area contributed by atoms with Crippen LogP contribution in [0, 0.1) is 17.2 Å². The molecule has 0 amide bonds. The summed E-state index contributed by atoms with van der Waals surface area (Å²) in [6.45, 7) is 1.94. The van der Waals surface area contributed by atoms with E-state index in [1.165, 1.54) is 11.4 Å². The van der Waals surface area contributed by atoms with E-state index in [9.17, 15) is 8.42 Å². The fourth-order valence-electron chi connectivity index (χ4n) is 0.562. The molecule has 5 heteroatoms. The zero-order chi connectivity index (χ0) is 9.07. The third kappa shape index (κ3) is 3.96. The molecule has 11 heavy (non-hydrogen) atoms. The van der Waals surface area contributed by atoms with Gasteiger partial charge in [0, 0.05) is 13.6 Å². The van der Waals surface area contributed by atoms with Crippen molar-refractivity contribution < 1.29 is 8.42 Å². The molecule has 0 aliphatic heterocycles. The highest BCUT2D eigenvalue weighted by molar-refractivity contribution is 7.88. The number of nitriles is 1. The maximum absolute atomic E-state index is 10.8. The molecule has 4 nitrogen and oxygen atoms in total. The first-order valence-electron chi connectivity index (χ1n) is 3.19. The lowest BCUT2D eigenvalue weighted by Crippen LogP contribution is -2.29. The normalized spacial score (nSPS) is 14.5. The lowest BCUT2D eigenvalue weighted by Gasteiger charge is -2.14. The third-order valence-electron chi connectivity index (χ3n) is 1.32. The standard InChI is InChI=1S/C6H12N2O2S/c1-6(4-7)5-8(2)11(3,9)10/h6H,5H2,1-3H3. The van der Waals surface area contributed by atoms with Crippen LogP contribution in [-0.4, -0.2) is 32.6 Å². The number of nitrogens with zero attached hydrogens (tertiary/aromatic N) is 2. The van der Waals surface area contributed by atoms with Gasteiger partial charge in [-0.2, -0.15) is 5.26 Å². The Morgan fingerprint density at radius 2 is 2.09 bits per heavy atom. The second-order valence-electron chi connectivity index (χ2n) is 2.57. The maximum atomic E-state index is 10.8. The smallest absolute Gasteiger partial charge is 0.210 e. The van der Waals surface area contributed by atoms with Crippen molar-refractivity contribution in [3.8, 4) is 6.07 Å². The average molecular weight is 176 g/mol. The number of sulfonamides is 1. The van der Waals surface area contributed by atoms with E-state index in [2.05, 4.69) is 0 Å². The summed E-state index contributed by atoms with van der Waals surface area (Å²) in [6, 6.07) is 1.96. The fraction of sp³-hybridized carbons (Fsp3) is 0.833. The van der Waals surface area contributed by atoms with Gasteiger partial charge in [-0.25, -0.2) is 12.7 Å². The molecule has 0 fully saturated rings. The van der Waals surface area contributed by atoms with E-state index in [-0.39, 0.29) is 12.5 Å². The van der Waals surface area contributed by atoms with Crippen molar-refractivity contribution >= 4 is 10.0 Å². The van der Waals surface area contributed by atoms with Gasteiger partial charge in [-0.05, 0) is 6.92 Å². The van der Waals surface area contributed by atoms with Crippen LogP contribution in [0.15, 0.2) is 0 Å². The van der Waals surface area contributed by atoms with E-state index in [4.69, 9.17) is 5.26 Å². The summed E-state index contributed by atoms with van der Waals surface area (Å²) in [7, 11) is -1.66. The highest BCUT2D eigenvalue weighted by Crippen LogP contribution is 1.99. The molecule has 0 radical (unpaired) electrons. The molecule has 0 aromatic heterocycles. The Morgan fingerprint density at radius 1 is 1.64 bits per heavy atom. The van der Waals surface area contributed by atoms with Gasteiger partial charge in [0.05, 0.1) is 18.2 Å². The lowest BCUT2D eigenvalue weighted by molar-refractivity contribution is 0.443. The minimum atomic E-state index is -3.13. The lowest BCUT2D eigenvalue weighted by atomic mass is 10.2. The van der Waals surface area contributed by atoms with Crippen molar-refractivity contribution in [1.82, 2.24) is 4.31 Å². The SMILES string of the molecule is CC(C#N)CN(C)S(C)(=O)=O. The summed E-state index contributed by atoms with van der Waals surface area (Å²) in [5.74, 6) is -0.255. The molecular weight excluding hydrogens is 164 g/mol. The topological polar surface area (TPSA) is 61.2 Å². The average Bonchev–Trinajstić information content (AvgIpc) is 1.85. The van der Waals surface area contributed by atoms with E-state index in [0.717, 1.165) is 6.26 Å². The van der Waals surface area contributed by atoms with E-state index in [0.29, 0.717) is 0 Å². The Bertz CT molecular complexity index is 252. The summed E-state index contributed by atoms with van der Waals surface area (Å²) >= 11 is 0. The molecule has 0 spiro atoms. The second kappa shape index (κ2) is 3.69. The highest BCUT2D eigenvalue weighted by atomic mass is 32.2. The monoisotopic (exact) mass is 176 g/mol. The zero-order valence-corrected chi connectivity index (χ0v) is 7.72. The molecule has 0 rings (SSSR count). The van der Waals surface area contributed by atoms with Gasteiger partial charge in [0.15, 0.2) is 0 Å². The first-order chi connectivity index (χ1) is 4.88. The van der Waals surface area contributed by atoms with Crippen LogP contribution in [0.2, 0.25) is 0 Å². The van der Waals surface area contributed by atoms with Crippen LogP contribution < -0.4 is 0 Å². The van der Waals surface area contributed by atoms with Crippen LogP contribution in [-0.2, 0) is 10.0 Å². The largest absolute Gasteiger partial charge is 0.213 e. The molecule has 1 unspecified atom stereocenters. The van der Waals surface area contributed by atoms with Gasteiger partial charge in [-0.15, -0.1) is 0 Å². The van der Waals surface area contributed by atoms with Crippen molar-refractivity contribution in [2.24, 2.45) is 5.92 Å². The van der Waals surface area contributed by atoms with Gasteiger partial charge in [0.2, 0.25) is 10.0 Å². The Balaban J connectivity index is 4.12. The van der Waals surface area contributed by atoms with E-state index in [1.54, 1.807) is 6.92 Å². The third-order valence-corrected chi connectivity index (χ3v) is 2.60. The van der Waals surface area contributed by atoms with E-state index >= 15 is 0 Å². The Hall–Kier alpha value is -0.600. The summed E-state index contributed by atoms with van der Waals surface area (Å²) in [6.07, 6.45) is 1.12. The molecule has 0 bridgehead atoms. The molecule has 0 aliphatic carbocycles. The summed E-state index contributed by atoms with van der Waals surface area (Å²) in [5, 5.41) is 8.38. The molecule has 0 aliphatic rings. The molecule has 0 saturated carbocycles. The molecule has 0 N–H and O–H groups in total. The highest BCUT2D eigenvalue weighted by Gasteiger charge is 2.13. The van der Waals surface area contributed by atoms with Crippen LogP contribution in [0.5, 0.6) is 0 Å². The maximum Gasteiger partial charge on any atom is 0.210 e. The van der Waals surface area contributed by atoms with Crippen LogP contribution in [0.25, 0.3) is 0 Å². The molecule has 0 aromatic rings. The van der Waals surface area contributed by atoms with Crippen molar-refractivity contribution in [3.05, 3.63) is 0 Å². The predicted octanol–water partition coefficient (Wildman–Crippen LogP) is 0.0375. The number of hydrogen-bond acceptors (Lipinski definition) is 3. The first-order valence-corrected chi connectivity index (χ1v) is 5.03. The first kappa shape index (κ1) is 10.4. The molecule has 1 atom stereocenters. The van der Waals surface area contributed by atoms with E-state index < -0.39 is 10.0 Å².